The number of amides is 1. The zero-order chi connectivity index (χ0) is 22.5. The Labute approximate surface area is 192 Å². The van der Waals surface area contributed by atoms with Crippen LogP contribution in [-0.4, -0.2) is 32.2 Å². The molecule has 168 valence electrons. The smallest absolute Gasteiger partial charge is 0.226 e. The maximum atomic E-state index is 12.8. The van der Waals surface area contributed by atoms with Gasteiger partial charge in [-0.25, -0.2) is 0 Å². The molecule has 4 rings (SSSR count). The Hall–Kier alpha value is -2.87. The zero-order valence-electron chi connectivity index (χ0n) is 18.4. The maximum absolute atomic E-state index is 12.8. The van der Waals surface area contributed by atoms with Gasteiger partial charge in [-0.3, -0.25) is 14.2 Å². The molecule has 1 aromatic carbocycles. The minimum Gasteiger partial charge on any atom is -0.461 e. The summed E-state index contributed by atoms with van der Waals surface area (Å²) in [4.78, 5) is 24.6. The van der Waals surface area contributed by atoms with Crippen LogP contribution in [-0.2, 0) is 4.79 Å². The first-order chi connectivity index (χ1) is 15.5. The molecule has 0 unspecified atom stereocenters. The van der Waals surface area contributed by atoms with Gasteiger partial charge >= 0.3 is 0 Å². The van der Waals surface area contributed by atoms with Gasteiger partial charge in [0, 0.05) is 23.2 Å². The second kappa shape index (κ2) is 10.2. The molecule has 3 aromatic rings. The molecule has 0 atom stereocenters. The lowest BCUT2D eigenvalue weighted by molar-refractivity contribution is -0.118. The minimum absolute atomic E-state index is 0.00878. The van der Waals surface area contributed by atoms with Crippen molar-refractivity contribution in [3.05, 3.63) is 48.2 Å². The Bertz CT molecular complexity index is 1050. The fourth-order valence-corrected chi connectivity index (χ4v) is 4.76. The first-order valence-electron chi connectivity index (χ1n) is 11.1. The van der Waals surface area contributed by atoms with Crippen molar-refractivity contribution in [3.8, 4) is 11.6 Å². The van der Waals surface area contributed by atoms with Crippen molar-refractivity contribution in [2.24, 2.45) is 5.92 Å². The number of carbonyl (C=O) groups is 2. The third-order valence-electron chi connectivity index (χ3n) is 5.68. The standard InChI is InChI=1S/C24H28N4O3S/c1-16(2)23(30)25-18-12-10-17(11-13-18)20(29)15-32-24-27-26-22(21-9-6-14-31-21)28(24)19-7-4-3-5-8-19/h6,9-14,16,19H,3-5,7-8,15H2,1-2H3,(H,25,30). The minimum atomic E-state index is -0.0970. The Morgan fingerprint density at radius 2 is 1.88 bits per heavy atom. The molecule has 2 heterocycles. The van der Waals surface area contributed by atoms with Crippen molar-refractivity contribution in [2.75, 3.05) is 11.1 Å². The van der Waals surface area contributed by atoms with Crippen molar-refractivity contribution in [3.63, 3.8) is 0 Å². The molecule has 7 nitrogen and oxygen atoms in total. The molecule has 0 radical (unpaired) electrons. The fraction of sp³-hybridized carbons (Fsp3) is 0.417. The maximum Gasteiger partial charge on any atom is 0.226 e. The molecule has 1 fully saturated rings. The topological polar surface area (TPSA) is 90.0 Å². The average molecular weight is 453 g/mol. The van der Waals surface area contributed by atoms with Crippen molar-refractivity contribution >= 4 is 29.1 Å². The molecular formula is C24H28N4O3S. The summed E-state index contributed by atoms with van der Waals surface area (Å²) in [6.07, 6.45) is 7.42. The van der Waals surface area contributed by atoms with E-state index in [1.165, 1.54) is 31.0 Å². The number of benzene rings is 1. The lowest BCUT2D eigenvalue weighted by Crippen LogP contribution is -2.17. The second-order valence-corrected chi connectivity index (χ2v) is 9.32. The summed E-state index contributed by atoms with van der Waals surface area (Å²) in [5, 5.41) is 12.4. The molecule has 1 saturated carbocycles. The van der Waals surface area contributed by atoms with Gasteiger partial charge in [-0.2, -0.15) is 0 Å². The second-order valence-electron chi connectivity index (χ2n) is 8.38. The summed E-state index contributed by atoms with van der Waals surface area (Å²) in [5.41, 5.74) is 1.29. The number of ketones is 1. The monoisotopic (exact) mass is 452 g/mol. The van der Waals surface area contributed by atoms with Crippen LogP contribution in [0.4, 0.5) is 5.69 Å². The van der Waals surface area contributed by atoms with E-state index in [1.54, 1.807) is 30.5 Å². The highest BCUT2D eigenvalue weighted by Crippen LogP contribution is 2.35. The van der Waals surface area contributed by atoms with Crippen molar-refractivity contribution in [1.82, 2.24) is 14.8 Å². The van der Waals surface area contributed by atoms with Gasteiger partial charge in [-0.1, -0.05) is 44.9 Å². The van der Waals surface area contributed by atoms with Gasteiger partial charge in [0.25, 0.3) is 0 Å². The highest BCUT2D eigenvalue weighted by atomic mass is 32.2. The van der Waals surface area contributed by atoms with E-state index in [0.717, 1.165) is 23.8 Å². The highest BCUT2D eigenvalue weighted by molar-refractivity contribution is 7.99. The summed E-state index contributed by atoms with van der Waals surface area (Å²) in [7, 11) is 0. The zero-order valence-corrected chi connectivity index (χ0v) is 19.2. The van der Waals surface area contributed by atoms with Gasteiger partial charge in [-0.15, -0.1) is 10.2 Å². The number of hydrogen-bond donors (Lipinski definition) is 1. The number of thioether (sulfide) groups is 1. The largest absolute Gasteiger partial charge is 0.461 e. The number of anilines is 1. The molecule has 8 heteroatoms. The fourth-order valence-electron chi connectivity index (χ4n) is 3.86. The molecule has 2 aromatic heterocycles. The van der Waals surface area contributed by atoms with Gasteiger partial charge in [0.1, 0.15) is 0 Å². The molecule has 0 spiro atoms. The van der Waals surface area contributed by atoms with Crippen LogP contribution < -0.4 is 5.32 Å². The number of carbonyl (C=O) groups excluding carboxylic acids is 2. The number of nitrogens with one attached hydrogen (secondary N) is 1. The van der Waals surface area contributed by atoms with Crippen molar-refractivity contribution in [2.45, 2.75) is 57.1 Å². The van der Waals surface area contributed by atoms with Gasteiger partial charge in [0.15, 0.2) is 16.7 Å². The van der Waals surface area contributed by atoms with Crippen LogP contribution in [0.25, 0.3) is 11.6 Å². The van der Waals surface area contributed by atoms with Gasteiger partial charge < -0.3 is 9.73 Å². The first-order valence-corrected chi connectivity index (χ1v) is 12.1. The number of aromatic nitrogens is 3. The van der Waals surface area contributed by atoms with E-state index in [0.29, 0.717) is 23.1 Å². The van der Waals surface area contributed by atoms with Crippen LogP contribution in [0.3, 0.4) is 0 Å². The van der Waals surface area contributed by atoms with E-state index in [4.69, 9.17) is 4.42 Å². The summed E-state index contributed by atoms with van der Waals surface area (Å²) < 4.78 is 7.74. The summed E-state index contributed by atoms with van der Waals surface area (Å²) in [6.45, 7) is 3.68. The normalized spacial score (nSPS) is 14.6. The van der Waals surface area contributed by atoms with Crippen molar-refractivity contribution in [1.29, 1.82) is 0 Å². The molecule has 1 aliphatic carbocycles. The van der Waals surface area contributed by atoms with E-state index in [-0.39, 0.29) is 23.4 Å². The SMILES string of the molecule is CC(C)C(=O)Nc1ccc(C(=O)CSc2nnc(-c3ccco3)n2C2CCCCC2)cc1. The molecule has 32 heavy (non-hydrogen) atoms. The summed E-state index contributed by atoms with van der Waals surface area (Å²) in [5.74, 6) is 1.55. The molecular weight excluding hydrogens is 424 g/mol. The summed E-state index contributed by atoms with van der Waals surface area (Å²) in [6, 6.07) is 11.1. The quantitative estimate of drug-likeness (QED) is 0.353. The molecule has 1 amide bonds. The average Bonchev–Trinajstić information content (AvgIpc) is 3.48. The van der Waals surface area contributed by atoms with Crippen molar-refractivity contribution < 1.29 is 14.0 Å². The molecule has 0 aliphatic heterocycles. The van der Waals surface area contributed by atoms with Crippen LogP contribution in [0.5, 0.6) is 0 Å². The van der Waals surface area contributed by atoms with Gasteiger partial charge in [-0.05, 0) is 49.2 Å². The van der Waals surface area contributed by atoms with E-state index in [9.17, 15) is 9.59 Å². The van der Waals surface area contributed by atoms with E-state index in [1.807, 2.05) is 26.0 Å². The highest BCUT2D eigenvalue weighted by Gasteiger charge is 2.25. The van der Waals surface area contributed by atoms with E-state index < -0.39 is 0 Å². The van der Waals surface area contributed by atoms with Gasteiger partial charge in [0.05, 0.1) is 12.0 Å². The number of rotatable bonds is 8. The third kappa shape index (κ3) is 5.12. The Morgan fingerprint density at radius 1 is 1.12 bits per heavy atom. The Kier molecular flexibility index (Phi) is 7.09. The van der Waals surface area contributed by atoms with E-state index >= 15 is 0 Å². The van der Waals surface area contributed by atoms with Crippen LogP contribution >= 0.6 is 11.8 Å². The lowest BCUT2D eigenvalue weighted by Gasteiger charge is -2.25. The van der Waals surface area contributed by atoms with Crippen LogP contribution in [0.2, 0.25) is 0 Å². The number of nitrogens with zero attached hydrogens (tertiary/aromatic N) is 3. The summed E-state index contributed by atoms with van der Waals surface area (Å²) >= 11 is 1.41. The number of hydrogen-bond acceptors (Lipinski definition) is 6. The predicted octanol–water partition coefficient (Wildman–Crippen LogP) is 5.61. The molecule has 1 N–H and O–H groups in total. The van der Waals surface area contributed by atoms with Crippen LogP contribution in [0.1, 0.15) is 62.4 Å². The molecule has 1 aliphatic rings. The first kappa shape index (κ1) is 22.3. The van der Waals surface area contributed by atoms with Crippen LogP contribution in [0.15, 0.2) is 52.2 Å². The molecule has 0 saturated heterocycles. The van der Waals surface area contributed by atoms with E-state index in [2.05, 4.69) is 20.1 Å². The number of furan rings is 1. The lowest BCUT2D eigenvalue weighted by atomic mass is 9.95. The van der Waals surface area contributed by atoms with Gasteiger partial charge in [0.2, 0.25) is 11.7 Å². The third-order valence-corrected chi connectivity index (χ3v) is 6.62. The molecule has 0 bridgehead atoms. The Morgan fingerprint density at radius 3 is 2.53 bits per heavy atom. The van der Waals surface area contributed by atoms with Crippen LogP contribution in [0, 0.1) is 5.92 Å². The predicted molar refractivity (Wildman–Crippen MR) is 125 cm³/mol. The number of Topliss-reactive ketones (excluding diaryl/α,β-unsaturated/α-hetero) is 1. The Balaban J connectivity index is 1.46.